The van der Waals surface area contributed by atoms with Gasteiger partial charge in [-0.2, -0.15) is 0 Å². The Bertz CT molecular complexity index is 1620. The summed E-state index contributed by atoms with van der Waals surface area (Å²) in [6.07, 6.45) is 4.32. The van der Waals surface area contributed by atoms with Gasteiger partial charge in [0.05, 0.1) is 39.6 Å². The van der Waals surface area contributed by atoms with Gasteiger partial charge in [-0.05, 0) is 68.0 Å². The van der Waals surface area contributed by atoms with E-state index in [1.54, 1.807) is 20.8 Å². The van der Waals surface area contributed by atoms with Gasteiger partial charge in [-0.1, -0.05) is 41.8 Å². The average Bonchev–Trinajstić information content (AvgIpc) is 3.44. The zero-order valence-corrected chi connectivity index (χ0v) is 31.0. The highest BCUT2D eigenvalue weighted by molar-refractivity contribution is 5.91. The van der Waals surface area contributed by atoms with Crippen molar-refractivity contribution in [2.45, 2.75) is 45.1 Å². The van der Waals surface area contributed by atoms with Crippen molar-refractivity contribution in [2.75, 3.05) is 79.1 Å². The maximum atomic E-state index is 12.5. The molecule has 16 heteroatoms. The van der Waals surface area contributed by atoms with Gasteiger partial charge in [0.1, 0.15) is 31.1 Å². The van der Waals surface area contributed by atoms with Gasteiger partial charge in [-0.25, -0.2) is 14.4 Å². The van der Waals surface area contributed by atoms with Gasteiger partial charge in [0, 0.05) is 25.6 Å². The molecule has 1 aromatic rings. The molecule has 294 valence electrons. The number of hydrogen-bond donors (Lipinski definition) is 5. The first kappa shape index (κ1) is 43.2. The largest absolute Gasteiger partial charge is 0.477 e. The number of fused-ring (bicyclic) bond motifs is 2. The van der Waals surface area contributed by atoms with Crippen molar-refractivity contribution in [3.63, 3.8) is 0 Å². The zero-order valence-electron chi connectivity index (χ0n) is 31.0. The summed E-state index contributed by atoms with van der Waals surface area (Å²) in [5, 5.41) is 19.7. The van der Waals surface area contributed by atoms with E-state index in [2.05, 4.69) is 32.7 Å². The van der Waals surface area contributed by atoms with Gasteiger partial charge in [-0.3, -0.25) is 14.9 Å². The summed E-state index contributed by atoms with van der Waals surface area (Å²) in [6.45, 7) is 7.25. The molecule has 0 saturated heterocycles. The third kappa shape index (κ3) is 16.6. The van der Waals surface area contributed by atoms with E-state index in [9.17, 15) is 29.1 Å². The molecule has 0 spiro atoms. The smallest absolute Gasteiger partial charge is 0.411 e. The maximum Gasteiger partial charge on any atom is 0.411 e. The molecule has 0 aromatic heterocycles. The number of aliphatic carboxylic acids is 1. The number of benzene rings is 1. The number of unbranched alkanes of at least 4 members (excludes halogenated alkanes) is 1. The van der Waals surface area contributed by atoms with E-state index in [-0.39, 0.29) is 102 Å². The second-order valence-corrected chi connectivity index (χ2v) is 12.8. The number of carbonyl (C=O) groups excluding carboxylic acids is 4. The van der Waals surface area contributed by atoms with Crippen LogP contribution in [-0.2, 0) is 42.8 Å². The van der Waals surface area contributed by atoms with Crippen LogP contribution in [0, 0.1) is 0 Å². The number of nitrogens with one attached hydrogen (secondary N) is 4. The molecule has 2 aliphatic carbocycles. The Morgan fingerprint density at radius 3 is 2.06 bits per heavy atom. The second kappa shape index (κ2) is 23.5. The van der Waals surface area contributed by atoms with Crippen molar-refractivity contribution in [1.82, 2.24) is 21.3 Å². The molecular weight excluding hydrogens is 704 g/mol. The topological polar surface area (TPSA) is 209 Å². The third-order valence-electron chi connectivity index (χ3n) is 7.43. The highest BCUT2D eigenvalue weighted by Crippen LogP contribution is 2.43. The molecule has 0 heterocycles. The summed E-state index contributed by atoms with van der Waals surface area (Å²) in [5.41, 5.74) is 9.01. The number of amides is 4. The number of carboxylic acid groups (broad SMARTS) is 1. The minimum absolute atomic E-state index is 0.0224. The van der Waals surface area contributed by atoms with E-state index < -0.39 is 23.8 Å². The van der Waals surface area contributed by atoms with Crippen LogP contribution in [0.2, 0.25) is 0 Å². The first-order chi connectivity index (χ1) is 25.9. The van der Waals surface area contributed by atoms with E-state index in [1.165, 1.54) is 6.08 Å². The van der Waals surface area contributed by atoms with Crippen LogP contribution in [0.1, 0.15) is 50.7 Å². The molecule has 0 aliphatic heterocycles. The Hall–Kier alpha value is -5.21. The van der Waals surface area contributed by atoms with Crippen LogP contribution in [-0.4, -0.2) is 120 Å². The number of carboxylic acids is 1. The number of rotatable bonds is 24. The van der Waals surface area contributed by atoms with Crippen molar-refractivity contribution in [3.05, 3.63) is 76.4 Å². The van der Waals surface area contributed by atoms with Crippen molar-refractivity contribution >= 4 is 35.5 Å². The lowest BCUT2D eigenvalue weighted by molar-refractivity contribution is -0.133. The van der Waals surface area contributed by atoms with Gasteiger partial charge in [-0.15, -0.1) is 0 Å². The number of carbonyl (C=O) groups is 5. The van der Waals surface area contributed by atoms with Gasteiger partial charge < -0.3 is 49.5 Å². The van der Waals surface area contributed by atoms with Crippen LogP contribution in [0.4, 0.5) is 9.59 Å². The van der Waals surface area contributed by atoms with Crippen molar-refractivity contribution in [1.29, 1.82) is 0 Å². The molecule has 1 unspecified atom stereocenters. The van der Waals surface area contributed by atoms with Crippen molar-refractivity contribution in [3.8, 4) is 0 Å². The molecule has 2 aliphatic rings. The van der Waals surface area contributed by atoms with Crippen LogP contribution in [0.25, 0.3) is 5.57 Å². The minimum Gasteiger partial charge on any atom is -0.477 e. The lowest BCUT2D eigenvalue weighted by Gasteiger charge is -2.19. The lowest BCUT2D eigenvalue weighted by Crippen LogP contribution is -2.34. The third-order valence-corrected chi connectivity index (χ3v) is 7.43. The summed E-state index contributed by atoms with van der Waals surface area (Å²) in [6, 6.07) is 7.81. The van der Waals surface area contributed by atoms with Gasteiger partial charge >= 0.3 is 18.2 Å². The zero-order chi connectivity index (χ0) is 39.2. The molecule has 4 amide bonds. The number of allylic oxidation sites excluding steroid dienone is 4. The molecule has 0 bridgehead atoms. The van der Waals surface area contributed by atoms with Gasteiger partial charge in [0.15, 0.2) is 0 Å². The minimum atomic E-state index is -1.31. The highest BCUT2D eigenvalue weighted by Gasteiger charge is 2.30. The summed E-state index contributed by atoms with van der Waals surface area (Å²) < 4.78 is 31.7. The number of ether oxygens (including phenoxy) is 6. The Morgan fingerprint density at radius 1 is 0.778 bits per heavy atom. The number of hydrogen-bond acceptors (Lipinski definition) is 11. The van der Waals surface area contributed by atoms with Crippen LogP contribution in [0.3, 0.4) is 0 Å². The standard InChI is InChI=1S/C38H50N4O12/c1-38(2,3)54-36(47)41-17-19-50-21-23-52-26-34(44)40-16-18-49-20-22-51-25-33(43)39-15-9-8-14-32(35(45)46)42-37(48)53-24-31-29-12-6-4-10-27(29)28-11-5-7-13-30(28)31/h4,6,10-14,31H,8-9,15-26H2,1-3H3,(H,39,43)(H,40,44)(H,41,47)(H,42,48)(H,45,46)/b32-14+. The normalized spacial score (nSPS) is 14.3. The Balaban J connectivity index is 1.14. The molecule has 1 aromatic carbocycles. The van der Waals surface area contributed by atoms with E-state index in [4.69, 9.17) is 28.4 Å². The van der Waals surface area contributed by atoms with E-state index >= 15 is 0 Å². The first-order valence-corrected chi connectivity index (χ1v) is 17.6. The van der Waals surface area contributed by atoms with Crippen LogP contribution in [0.15, 0.2) is 65.2 Å². The Labute approximate surface area is 314 Å². The van der Waals surface area contributed by atoms with E-state index in [0.717, 1.165) is 22.3 Å². The molecule has 5 N–H and O–H groups in total. The van der Waals surface area contributed by atoms with E-state index in [0.29, 0.717) is 13.0 Å². The van der Waals surface area contributed by atoms with Crippen molar-refractivity contribution in [2.24, 2.45) is 0 Å². The molecule has 16 nitrogen and oxygen atoms in total. The summed E-state index contributed by atoms with van der Waals surface area (Å²) >= 11 is 0. The first-order valence-electron chi connectivity index (χ1n) is 17.6. The fraction of sp³-hybridized carbons (Fsp3) is 0.500. The molecule has 0 radical (unpaired) electrons. The summed E-state index contributed by atoms with van der Waals surface area (Å²) in [7, 11) is 0. The van der Waals surface area contributed by atoms with Crippen LogP contribution in [0.5, 0.6) is 0 Å². The second-order valence-electron chi connectivity index (χ2n) is 12.8. The maximum absolute atomic E-state index is 12.5. The predicted octanol–water partition coefficient (Wildman–Crippen LogP) is 2.72. The predicted molar refractivity (Wildman–Crippen MR) is 195 cm³/mol. The molecule has 1 atom stereocenters. The molecule has 0 fully saturated rings. The number of alkyl carbamates (subject to hydrolysis) is 2. The molecule has 54 heavy (non-hydrogen) atoms. The lowest BCUT2D eigenvalue weighted by atomic mass is 9.96. The SMILES string of the molecule is CC(C)(C)OC(=O)NCCOCCOCC(=O)NCCOCCOCC(=O)NCCC/C=C(/NC(=O)OCC1C2=C(C=C=C=C2)c2ccccc21)C(=O)O. The fourth-order valence-electron chi connectivity index (χ4n) is 5.06. The Morgan fingerprint density at radius 2 is 1.39 bits per heavy atom. The van der Waals surface area contributed by atoms with Crippen molar-refractivity contribution < 1.29 is 57.5 Å². The Kier molecular flexibility index (Phi) is 18.8. The van der Waals surface area contributed by atoms with Crippen LogP contribution >= 0.6 is 0 Å². The van der Waals surface area contributed by atoms with Crippen LogP contribution < -0.4 is 21.3 Å². The monoisotopic (exact) mass is 754 g/mol. The molecule has 0 saturated carbocycles. The van der Waals surface area contributed by atoms with E-state index in [1.807, 2.05) is 36.4 Å². The summed E-state index contributed by atoms with van der Waals surface area (Å²) in [5.74, 6) is -2.17. The average molecular weight is 755 g/mol. The van der Waals surface area contributed by atoms with Gasteiger partial charge in [0.25, 0.3) is 0 Å². The quantitative estimate of drug-likeness (QED) is 0.0587. The van der Waals surface area contributed by atoms with Gasteiger partial charge in [0.2, 0.25) is 11.8 Å². The fourth-order valence-corrected chi connectivity index (χ4v) is 5.06. The molecular formula is C38H50N4O12. The summed E-state index contributed by atoms with van der Waals surface area (Å²) in [4.78, 5) is 59.6. The molecule has 3 rings (SSSR count). The highest BCUT2D eigenvalue weighted by atomic mass is 16.6.